The first kappa shape index (κ1) is 16.3. The lowest BCUT2D eigenvalue weighted by Gasteiger charge is -2.14. The summed E-state index contributed by atoms with van der Waals surface area (Å²) >= 11 is 0. The van der Waals surface area contributed by atoms with Gasteiger partial charge in [0, 0.05) is 6.54 Å². The highest BCUT2D eigenvalue weighted by atomic mass is 16.3. The molecule has 0 aliphatic rings. The largest absolute Gasteiger partial charge is 0.467 e. The van der Waals surface area contributed by atoms with Crippen LogP contribution in [0.25, 0.3) is 0 Å². The molecule has 0 spiro atoms. The fourth-order valence-corrected chi connectivity index (χ4v) is 1.92. The molecule has 2 amide bonds. The van der Waals surface area contributed by atoms with E-state index < -0.39 is 11.8 Å². The van der Waals surface area contributed by atoms with E-state index in [1.807, 2.05) is 0 Å². The van der Waals surface area contributed by atoms with Crippen LogP contribution in [0.2, 0.25) is 0 Å². The van der Waals surface area contributed by atoms with Crippen LogP contribution >= 0.6 is 0 Å². The molecule has 0 radical (unpaired) electrons. The van der Waals surface area contributed by atoms with Gasteiger partial charge in [-0.05, 0) is 24.5 Å². The summed E-state index contributed by atoms with van der Waals surface area (Å²) in [6.45, 7) is 5.03. The van der Waals surface area contributed by atoms with Crippen molar-refractivity contribution >= 4 is 11.8 Å². The summed E-state index contributed by atoms with van der Waals surface area (Å²) in [4.78, 5) is 23.2. The number of hydrogen-bond donors (Lipinski definition) is 2. The number of carbonyl (C=O) groups is 2. The lowest BCUT2D eigenvalue weighted by Crippen LogP contribution is -2.41. The highest BCUT2D eigenvalue weighted by Crippen LogP contribution is 2.11. The third kappa shape index (κ3) is 5.91. The van der Waals surface area contributed by atoms with Crippen LogP contribution in [-0.4, -0.2) is 18.4 Å². The zero-order valence-corrected chi connectivity index (χ0v) is 12.3. The number of nitrogens with one attached hydrogen (secondary N) is 2. The number of amides is 2. The van der Waals surface area contributed by atoms with Gasteiger partial charge in [0.05, 0.1) is 12.8 Å². The lowest BCUT2D eigenvalue weighted by atomic mass is 9.99. The second-order valence-electron chi connectivity index (χ2n) is 4.89. The van der Waals surface area contributed by atoms with Crippen molar-refractivity contribution in [1.82, 2.24) is 10.6 Å². The minimum Gasteiger partial charge on any atom is -0.467 e. The first-order chi connectivity index (χ1) is 9.67. The van der Waals surface area contributed by atoms with Gasteiger partial charge in [-0.1, -0.05) is 33.1 Å². The van der Waals surface area contributed by atoms with E-state index in [1.165, 1.54) is 6.26 Å². The Kier molecular flexibility index (Phi) is 7.47. The number of furan rings is 1. The Labute approximate surface area is 120 Å². The van der Waals surface area contributed by atoms with Crippen molar-refractivity contribution in [2.45, 2.75) is 46.1 Å². The third-order valence-corrected chi connectivity index (χ3v) is 3.30. The minimum absolute atomic E-state index is 0.228. The smallest absolute Gasteiger partial charge is 0.309 e. The monoisotopic (exact) mass is 280 g/mol. The molecule has 112 valence electrons. The van der Waals surface area contributed by atoms with E-state index >= 15 is 0 Å². The molecule has 0 aliphatic heterocycles. The van der Waals surface area contributed by atoms with Gasteiger partial charge in [-0.2, -0.15) is 0 Å². The maximum absolute atomic E-state index is 11.6. The van der Waals surface area contributed by atoms with E-state index in [1.54, 1.807) is 12.1 Å². The maximum atomic E-state index is 11.6. The van der Waals surface area contributed by atoms with Crippen molar-refractivity contribution in [2.75, 3.05) is 6.54 Å². The van der Waals surface area contributed by atoms with Gasteiger partial charge in [-0.25, -0.2) is 0 Å². The van der Waals surface area contributed by atoms with Crippen molar-refractivity contribution in [3.63, 3.8) is 0 Å². The molecule has 0 saturated carbocycles. The molecule has 1 atom stereocenters. The van der Waals surface area contributed by atoms with Crippen LogP contribution in [0, 0.1) is 5.92 Å². The molecule has 0 saturated heterocycles. The second-order valence-corrected chi connectivity index (χ2v) is 4.89. The number of carbonyl (C=O) groups excluding carboxylic acids is 2. The van der Waals surface area contributed by atoms with E-state index in [0.717, 1.165) is 25.7 Å². The van der Waals surface area contributed by atoms with Crippen LogP contribution in [0.4, 0.5) is 0 Å². The van der Waals surface area contributed by atoms with Gasteiger partial charge in [0.15, 0.2) is 0 Å². The molecule has 1 heterocycles. The Morgan fingerprint density at radius 2 is 2.00 bits per heavy atom. The molecule has 5 heteroatoms. The minimum atomic E-state index is -0.619. The molecular weight excluding hydrogens is 256 g/mol. The molecule has 2 N–H and O–H groups in total. The molecule has 0 fully saturated rings. The summed E-state index contributed by atoms with van der Waals surface area (Å²) in [6, 6.07) is 3.48. The maximum Gasteiger partial charge on any atom is 0.309 e. The van der Waals surface area contributed by atoms with Crippen molar-refractivity contribution in [1.29, 1.82) is 0 Å². The lowest BCUT2D eigenvalue weighted by molar-refractivity contribution is -0.139. The average molecular weight is 280 g/mol. The summed E-state index contributed by atoms with van der Waals surface area (Å²) in [5, 5.41) is 5.22. The molecule has 0 unspecified atom stereocenters. The first-order valence-corrected chi connectivity index (χ1v) is 7.25. The predicted octanol–water partition coefficient (Wildman–Crippen LogP) is 2.23. The number of hydrogen-bond acceptors (Lipinski definition) is 3. The average Bonchev–Trinajstić information content (AvgIpc) is 2.98. The fraction of sp³-hybridized carbons (Fsp3) is 0.600. The van der Waals surface area contributed by atoms with Gasteiger partial charge in [-0.3, -0.25) is 9.59 Å². The molecule has 20 heavy (non-hydrogen) atoms. The Balaban J connectivity index is 2.25. The molecule has 0 bridgehead atoms. The zero-order chi connectivity index (χ0) is 14.8. The summed E-state index contributed by atoms with van der Waals surface area (Å²) in [6.07, 6.45) is 5.92. The van der Waals surface area contributed by atoms with E-state index in [9.17, 15) is 9.59 Å². The van der Waals surface area contributed by atoms with Crippen LogP contribution in [0.5, 0.6) is 0 Å². The highest BCUT2D eigenvalue weighted by molar-refractivity contribution is 6.35. The first-order valence-electron chi connectivity index (χ1n) is 7.25. The SMILES string of the molecule is CCCC[C@@H](CC)CNC(=O)C(=O)NCc1ccco1. The van der Waals surface area contributed by atoms with Crippen molar-refractivity contribution < 1.29 is 14.0 Å². The topological polar surface area (TPSA) is 71.3 Å². The van der Waals surface area contributed by atoms with Crippen LogP contribution in [0.3, 0.4) is 0 Å². The third-order valence-electron chi connectivity index (χ3n) is 3.30. The van der Waals surface area contributed by atoms with Crippen LogP contribution in [-0.2, 0) is 16.1 Å². The van der Waals surface area contributed by atoms with Crippen LogP contribution in [0.1, 0.15) is 45.3 Å². The Morgan fingerprint density at radius 1 is 1.25 bits per heavy atom. The second kappa shape index (κ2) is 9.18. The summed E-state index contributed by atoms with van der Waals surface area (Å²) in [5.74, 6) is -0.129. The standard InChI is InChI=1S/C15H24N2O3/c1-3-5-7-12(4-2)10-16-14(18)15(19)17-11-13-8-6-9-20-13/h6,8-9,12H,3-5,7,10-11H2,1-2H3,(H,16,18)(H,17,19)/t12-/m1/s1. The van der Waals surface area contributed by atoms with Gasteiger partial charge >= 0.3 is 11.8 Å². The highest BCUT2D eigenvalue weighted by Gasteiger charge is 2.15. The predicted molar refractivity (Wildman–Crippen MR) is 76.9 cm³/mol. The summed E-state index contributed by atoms with van der Waals surface area (Å²) in [5.41, 5.74) is 0. The van der Waals surface area contributed by atoms with E-state index in [2.05, 4.69) is 24.5 Å². The molecule has 1 aromatic heterocycles. The number of rotatable bonds is 8. The van der Waals surface area contributed by atoms with E-state index in [-0.39, 0.29) is 6.54 Å². The van der Waals surface area contributed by atoms with Crippen molar-refractivity contribution in [2.24, 2.45) is 5.92 Å². The summed E-state index contributed by atoms with van der Waals surface area (Å²) in [7, 11) is 0. The van der Waals surface area contributed by atoms with Gasteiger partial charge < -0.3 is 15.1 Å². The molecular formula is C15H24N2O3. The Morgan fingerprint density at radius 3 is 2.60 bits per heavy atom. The molecule has 0 aliphatic carbocycles. The van der Waals surface area contributed by atoms with E-state index in [0.29, 0.717) is 18.2 Å². The van der Waals surface area contributed by atoms with Crippen molar-refractivity contribution in [3.05, 3.63) is 24.2 Å². The van der Waals surface area contributed by atoms with Crippen LogP contribution in [0.15, 0.2) is 22.8 Å². The molecule has 1 aromatic rings. The molecule has 1 rings (SSSR count). The molecule has 5 nitrogen and oxygen atoms in total. The zero-order valence-electron chi connectivity index (χ0n) is 12.3. The molecule has 0 aromatic carbocycles. The quantitative estimate of drug-likeness (QED) is 0.717. The number of unbranched alkanes of at least 4 members (excludes halogenated alkanes) is 1. The van der Waals surface area contributed by atoms with Gasteiger partial charge in [0.1, 0.15) is 5.76 Å². The Bertz CT molecular complexity index is 401. The van der Waals surface area contributed by atoms with Gasteiger partial charge in [-0.15, -0.1) is 0 Å². The van der Waals surface area contributed by atoms with E-state index in [4.69, 9.17) is 4.42 Å². The summed E-state index contributed by atoms with van der Waals surface area (Å²) < 4.78 is 5.08. The fourth-order valence-electron chi connectivity index (χ4n) is 1.92. The van der Waals surface area contributed by atoms with Gasteiger partial charge in [0.25, 0.3) is 0 Å². The normalized spacial score (nSPS) is 11.9. The van der Waals surface area contributed by atoms with Crippen LogP contribution < -0.4 is 10.6 Å². The Hall–Kier alpha value is -1.78. The van der Waals surface area contributed by atoms with Crippen molar-refractivity contribution in [3.8, 4) is 0 Å². The van der Waals surface area contributed by atoms with Gasteiger partial charge in [0.2, 0.25) is 0 Å².